The van der Waals surface area contributed by atoms with Crippen molar-refractivity contribution in [2.45, 2.75) is 25.5 Å². The summed E-state index contributed by atoms with van der Waals surface area (Å²) in [5.41, 5.74) is 0.672. The molecule has 1 aliphatic heterocycles. The highest BCUT2D eigenvalue weighted by atomic mass is 16.5. The van der Waals surface area contributed by atoms with Crippen molar-refractivity contribution >= 4 is 17.6 Å². The van der Waals surface area contributed by atoms with Gasteiger partial charge in [0.2, 0.25) is 5.91 Å². The first-order valence-electron chi connectivity index (χ1n) is 9.79. The average molecular weight is 397 g/mol. The van der Waals surface area contributed by atoms with Gasteiger partial charge < -0.3 is 24.3 Å². The number of carbonyl (C=O) groups is 2. The molecule has 0 bridgehead atoms. The Morgan fingerprint density at radius 1 is 1.17 bits per heavy atom. The number of benzene rings is 1. The Kier molecular flexibility index (Phi) is 7.47. The summed E-state index contributed by atoms with van der Waals surface area (Å²) in [6.45, 7) is 5.44. The van der Waals surface area contributed by atoms with Crippen LogP contribution in [0, 0.1) is 0 Å². The molecule has 0 aliphatic carbocycles. The number of para-hydroxylation sites is 1. The summed E-state index contributed by atoms with van der Waals surface area (Å²) in [4.78, 5) is 28.9. The van der Waals surface area contributed by atoms with Gasteiger partial charge in [-0.05, 0) is 37.1 Å². The van der Waals surface area contributed by atoms with Gasteiger partial charge in [0.1, 0.15) is 12.3 Å². The Hall–Kier alpha value is -3.06. The van der Waals surface area contributed by atoms with Crippen molar-refractivity contribution in [3.63, 3.8) is 0 Å². The number of urea groups is 1. The van der Waals surface area contributed by atoms with E-state index in [1.807, 2.05) is 24.3 Å². The summed E-state index contributed by atoms with van der Waals surface area (Å²) < 4.78 is 11.1. The van der Waals surface area contributed by atoms with E-state index in [1.165, 1.54) is 4.90 Å². The van der Waals surface area contributed by atoms with Gasteiger partial charge >= 0.3 is 6.03 Å². The molecule has 1 aromatic carbocycles. The SMILES string of the molecule is C=CCN(CC(=O)N(Cc1ccco1)C[C@H]1CCCO1)C(=O)Nc1ccccc1. The molecule has 1 aliphatic rings. The van der Waals surface area contributed by atoms with Crippen molar-refractivity contribution in [3.05, 3.63) is 67.1 Å². The summed E-state index contributed by atoms with van der Waals surface area (Å²) in [6.07, 6.45) is 5.12. The van der Waals surface area contributed by atoms with Crippen LogP contribution in [-0.2, 0) is 16.1 Å². The van der Waals surface area contributed by atoms with Crippen molar-refractivity contribution < 1.29 is 18.7 Å². The summed E-state index contributed by atoms with van der Waals surface area (Å²) in [5.74, 6) is 0.530. The molecule has 1 N–H and O–H groups in total. The molecule has 1 saturated heterocycles. The number of nitrogens with one attached hydrogen (secondary N) is 1. The standard InChI is InChI=1S/C22H27N3O4/c1-2-12-24(22(27)23-18-8-4-3-5-9-18)17-21(26)25(15-19-10-6-13-28-19)16-20-11-7-14-29-20/h2-6,8-10,13,20H,1,7,11-12,14-17H2,(H,23,27)/t20-/m1/s1. The minimum atomic E-state index is -0.348. The zero-order valence-corrected chi connectivity index (χ0v) is 16.5. The molecule has 0 saturated carbocycles. The third-order valence-electron chi connectivity index (χ3n) is 4.72. The maximum absolute atomic E-state index is 13.1. The maximum atomic E-state index is 13.1. The molecule has 7 heteroatoms. The number of nitrogens with zero attached hydrogens (tertiary/aromatic N) is 2. The van der Waals surface area contributed by atoms with E-state index in [-0.39, 0.29) is 31.1 Å². The zero-order valence-electron chi connectivity index (χ0n) is 16.5. The third kappa shape index (κ3) is 6.22. The molecular formula is C22H27N3O4. The molecule has 29 heavy (non-hydrogen) atoms. The number of amides is 3. The molecule has 1 atom stereocenters. The van der Waals surface area contributed by atoms with Crippen molar-refractivity contribution in [1.29, 1.82) is 0 Å². The Labute approximate surface area is 170 Å². The maximum Gasteiger partial charge on any atom is 0.322 e. The lowest BCUT2D eigenvalue weighted by Crippen LogP contribution is -2.46. The van der Waals surface area contributed by atoms with Gasteiger partial charge in [0.05, 0.1) is 18.9 Å². The Morgan fingerprint density at radius 3 is 2.66 bits per heavy atom. The van der Waals surface area contributed by atoms with Gasteiger partial charge in [0.25, 0.3) is 0 Å². The minimum Gasteiger partial charge on any atom is -0.467 e. The topological polar surface area (TPSA) is 75.0 Å². The van der Waals surface area contributed by atoms with E-state index in [0.29, 0.717) is 24.5 Å². The highest BCUT2D eigenvalue weighted by Crippen LogP contribution is 2.16. The first-order valence-corrected chi connectivity index (χ1v) is 9.79. The predicted molar refractivity (Wildman–Crippen MR) is 110 cm³/mol. The zero-order chi connectivity index (χ0) is 20.5. The highest BCUT2D eigenvalue weighted by Gasteiger charge is 2.26. The van der Waals surface area contributed by atoms with E-state index < -0.39 is 0 Å². The van der Waals surface area contributed by atoms with Crippen LogP contribution in [0.15, 0.2) is 65.8 Å². The van der Waals surface area contributed by atoms with Crippen LogP contribution in [0.5, 0.6) is 0 Å². The van der Waals surface area contributed by atoms with E-state index in [0.717, 1.165) is 19.4 Å². The number of rotatable bonds is 9. The van der Waals surface area contributed by atoms with Crippen LogP contribution in [-0.4, -0.2) is 54.1 Å². The fourth-order valence-corrected chi connectivity index (χ4v) is 3.24. The lowest BCUT2D eigenvalue weighted by Gasteiger charge is -2.28. The van der Waals surface area contributed by atoms with Gasteiger partial charge in [-0.3, -0.25) is 4.79 Å². The van der Waals surface area contributed by atoms with Gasteiger partial charge in [-0.1, -0.05) is 24.3 Å². The largest absolute Gasteiger partial charge is 0.467 e. The van der Waals surface area contributed by atoms with Gasteiger partial charge in [-0.25, -0.2) is 4.79 Å². The van der Waals surface area contributed by atoms with Gasteiger partial charge in [0, 0.05) is 25.4 Å². The molecule has 2 heterocycles. The second-order valence-electron chi connectivity index (χ2n) is 6.95. The van der Waals surface area contributed by atoms with E-state index in [1.54, 1.807) is 35.4 Å². The molecule has 3 rings (SSSR count). The van der Waals surface area contributed by atoms with Crippen molar-refractivity contribution in [2.24, 2.45) is 0 Å². The van der Waals surface area contributed by atoms with Gasteiger partial charge in [-0.15, -0.1) is 6.58 Å². The Morgan fingerprint density at radius 2 is 2.00 bits per heavy atom. The molecule has 154 valence electrons. The lowest BCUT2D eigenvalue weighted by molar-refractivity contribution is -0.134. The van der Waals surface area contributed by atoms with Crippen molar-refractivity contribution in [1.82, 2.24) is 9.80 Å². The summed E-state index contributed by atoms with van der Waals surface area (Å²) in [7, 11) is 0. The molecule has 1 aromatic heterocycles. The molecule has 1 fully saturated rings. The molecule has 7 nitrogen and oxygen atoms in total. The second kappa shape index (κ2) is 10.5. The van der Waals surface area contributed by atoms with Crippen LogP contribution in [0.2, 0.25) is 0 Å². The molecule has 0 unspecified atom stereocenters. The molecule has 0 spiro atoms. The van der Waals surface area contributed by atoms with Gasteiger partial charge in [0.15, 0.2) is 0 Å². The first-order chi connectivity index (χ1) is 14.2. The number of carbonyl (C=O) groups excluding carboxylic acids is 2. The molecule has 0 radical (unpaired) electrons. The minimum absolute atomic E-state index is 0.0138. The van der Waals surface area contributed by atoms with Crippen LogP contribution < -0.4 is 5.32 Å². The number of hydrogen-bond acceptors (Lipinski definition) is 4. The fraction of sp³-hybridized carbons (Fsp3) is 0.364. The Balaban J connectivity index is 1.66. The van der Waals surface area contributed by atoms with Gasteiger partial charge in [-0.2, -0.15) is 0 Å². The summed E-state index contributed by atoms with van der Waals surface area (Å²) in [5, 5.41) is 2.82. The van der Waals surface area contributed by atoms with Crippen LogP contribution in [0.4, 0.5) is 10.5 Å². The van der Waals surface area contributed by atoms with Crippen LogP contribution in [0.25, 0.3) is 0 Å². The predicted octanol–water partition coefficient (Wildman–Crippen LogP) is 3.51. The van der Waals surface area contributed by atoms with E-state index in [9.17, 15) is 9.59 Å². The lowest BCUT2D eigenvalue weighted by atomic mass is 10.2. The normalized spacial score (nSPS) is 15.7. The van der Waals surface area contributed by atoms with Crippen LogP contribution >= 0.6 is 0 Å². The van der Waals surface area contributed by atoms with Crippen molar-refractivity contribution in [3.8, 4) is 0 Å². The smallest absolute Gasteiger partial charge is 0.322 e. The second-order valence-corrected chi connectivity index (χ2v) is 6.95. The number of anilines is 1. The molecule has 2 aromatic rings. The third-order valence-corrected chi connectivity index (χ3v) is 4.72. The highest BCUT2D eigenvalue weighted by molar-refractivity contribution is 5.92. The van der Waals surface area contributed by atoms with Crippen LogP contribution in [0.3, 0.4) is 0 Å². The quantitative estimate of drug-likeness (QED) is 0.657. The van der Waals surface area contributed by atoms with E-state index in [2.05, 4.69) is 11.9 Å². The Bertz CT molecular complexity index is 786. The van der Waals surface area contributed by atoms with Crippen molar-refractivity contribution in [2.75, 3.05) is 31.6 Å². The average Bonchev–Trinajstić information content (AvgIpc) is 3.42. The van der Waals surface area contributed by atoms with Crippen LogP contribution in [0.1, 0.15) is 18.6 Å². The summed E-state index contributed by atoms with van der Waals surface area (Å²) in [6, 6.07) is 12.4. The number of furan rings is 1. The monoisotopic (exact) mass is 397 g/mol. The molecular weight excluding hydrogens is 370 g/mol. The summed E-state index contributed by atoms with van der Waals surface area (Å²) >= 11 is 0. The fourth-order valence-electron chi connectivity index (χ4n) is 3.24. The number of ether oxygens (including phenoxy) is 1. The van der Waals surface area contributed by atoms with E-state index in [4.69, 9.17) is 9.15 Å². The first kappa shape index (κ1) is 20.7. The number of hydrogen-bond donors (Lipinski definition) is 1. The van der Waals surface area contributed by atoms with E-state index >= 15 is 0 Å². The molecule has 3 amide bonds.